The molecule has 0 amide bonds. The highest BCUT2D eigenvalue weighted by Gasteiger charge is 2.22. The van der Waals surface area contributed by atoms with Crippen LogP contribution < -0.4 is 5.32 Å². The summed E-state index contributed by atoms with van der Waals surface area (Å²) >= 11 is 6.02. The van der Waals surface area contributed by atoms with Gasteiger partial charge in [0.15, 0.2) is 0 Å². The third-order valence-electron chi connectivity index (χ3n) is 3.17. The smallest absolute Gasteiger partial charge is 0.273 e. The van der Waals surface area contributed by atoms with E-state index in [2.05, 4.69) is 5.32 Å². The monoisotopic (exact) mass is 290 g/mol. The first-order valence-corrected chi connectivity index (χ1v) is 6.64. The number of hydrogen-bond acceptors (Lipinski definition) is 3. The Hall–Kier alpha value is -1.91. The van der Waals surface area contributed by atoms with E-state index in [-0.39, 0.29) is 16.5 Å². The third-order valence-corrected chi connectivity index (χ3v) is 3.40. The minimum absolute atomic E-state index is 0.111. The second-order valence-electron chi connectivity index (χ2n) is 4.48. The van der Waals surface area contributed by atoms with E-state index in [0.717, 1.165) is 5.56 Å². The highest BCUT2D eigenvalue weighted by Crippen LogP contribution is 2.32. The fraction of sp³-hybridized carbons (Fsp3) is 0.200. The predicted octanol–water partition coefficient (Wildman–Crippen LogP) is 3.60. The Balaban J connectivity index is 2.51. The first kappa shape index (κ1) is 14.5. The molecule has 5 heteroatoms. The largest absolute Gasteiger partial charge is 0.319 e. The number of halogens is 1. The van der Waals surface area contributed by atoms with Crippen LogP contribution in [-0.2, 0) is 0 Å². The summed E-state index contributed by atoms with van der Waals surface area (Å²) in [5.74, 6) is -0.111. The molecule has 1 unspecified atom stereocenters. The van der Waals surface area contributed by atoms with Gasteiger partial charge in [-0.3, -0.25) is 10.1 Å². The van der Waals surface area contributed by atoms with Crippen LogP contribution in [-0.4, -0.2) is 18.5 Å². The average Bonchev–Trinajstić information content (AvgIpc) is 2.44. The molecule has 0 saturated carbocycles. The van der Waals surface area contributed by atoms with E-state index in [0.29, 0.717) is 17.1 Å². The molecule has 104 valence electrons. The lowest BCUT2D eigenvalue weighted by molar-refractivity contribution is -0.385. The highest BCUT2D eigenvalue weighted by atomic mass is 35.5. The van der Waals surface area contributed by atoms with Crippen LogP contribution in [0.4, 0.5) is 5.69 Å². The first-order valence-electron chi connectivity index (χ1n) is 6.27. The van der Waals surface area contributed by atoms with Gasteiger partial charge in [-0.05, 0) is 24.7 Å². The van der Waals surface area contributed by atoms with Crippen molar-refractivity contribution in [3.8, 4) is 0 Å². The van der Waals surface area contributed by atoms with Crippen molar-refractivity contribution in [1.82, 2.24) is 5.32 Å². The van der Waals surface area contributed by atoms with Gasteiger partial charge in [-0.1, -0.05) is 41.9 Å². The highest BCUT2D eigenvalue weighted by molar-refractivity contribution is 6.30. The van der Waals surface area contributed by atoms with Gasteiger partial charge in [0.25, 0.3) is 5.69 Å². The fourth-order valence-electron chi connectivity index (χ4n) is 2.28. The molecule has 2 aromatic rings. The van der Waals surface area contributed by atoms with Crippen molar-refractivity contribution in [3.63, 3.8) is 0 Å². The Morgan fingerprint density at radius 3 is 2.65 bits per heavy atom. The zero-order chi connectivity index (χ0) is 14.5. The molecule has 0 saturated heterocycles. The van der Waals surface area contributed by atoms with Gasteiger partial charge < -0.3 is 5.32 Å². The SMILES string of the molecule is CNCC(c1cccc(Cl)c1)c1ccccc1[N+](=O)[O-]. The van der Waals surface area contributed by atoms with Crippen molar-refractivity contribution in [2.24, 2.45) is 0 Å². The zero-order valence-electron chi connectivity index (χ0n) is 11.0. The molecule has 0 fully saturated rings. The molecule has 0 aliphatic heterocycles. The van der Waals surface area contributed by atoms with Crippen LogP contribution in [0.3, 0.4) is 0 Å². The van der Waals surface area contributed by atoms with Crippen molar-refractivity contribution in [2.45, 2.75) is 5.92 Å². The topological polar surface area (TPSA) is 55.2 Å². The van der Waals surface area contributed by atoms with E-state index in [9.17, 15) is 10.1 Å². The molecular formula is C15H15ClN2O2. The number of likely N-dealkylation sites (N-methyl/N-ethyl adjacent to an activating group) is 1. The normalized spacial score (nSPS) is 12.1. The number of para-hydroxylation sites is 1. The molecule has 4 nitrogen and oxygen atoms in total. The molecule has 0 bridgehead atoms. The third kappa shape index (κ3) is 3.15. The minimum Gasteiger partial charge on any atom is -0.319 e. The van der Waals surface area contributed by atoms with Crippen molar-refractivity contribution in [2.75, 3.05) is 13.6 Å². The van der Waals surface area contributed by atoms with E-state index in [1.165, 1.54) is 6.07 Å². The maximum Gasteiger partial charge on any atom is 0.273 e. The number of nitro benzene ring substituents is 1. The van der Waals surface area contributed by atoms with Crippen LogP contribution in [0.25, 0.3) is 0 Å². The van der Waals surface area contributed by atoms with Crippen LogP contribution >= 0.6 is 11.6 Å². The number of nitro groups is 1. The molecule has 1 atom stereocenters. The quantitative estimate of drug-likeness (QED) is 0.676. The van der Waals surface area contributed by atoms with Crippen molar-refractivity contribution in [3.05, 3.63) is 74.8 Å². The molecule has 0 aromatic heterocycles. The summed E-state index contributed by atoms with van der Waals surface area (Å²) in [6.07, 6.45) is 0. The van der Waals surface area contributed by atoms with E-state index in [1.54, 1.807) is 18.2 Å². The van der Waals surface area contributed by atoms with Crippen LogP contribution in [0, 0.1) is 10.1 Å². The lowest BCUT2D eigenvalue weighted by atomic mass is 9.90. The summed E-state index contributed by atoms with van der Waals surface area (Å²) in [4.78, 5) is 10.8. The summed E-state index contributed by atoms with van der Waals surface area (Å²) in [6.45, 7) is 0.602. The van der Waals surface area contributed by atoms with Crippen molar-refractivity contribution >= 4 is 17.3 Å². The van der Waals surface area contributed by atoms with Crippen LogP contribution in [0.5, 0.6) is 0 Å². The van der Waals surface area contributed by atoms with Crippen molar-refractivity contribution < 1.29 is 4.92 Å². The Kier molecular flexibility index (Phi) is 4.71. The fourth-order valence-corrected chi connectivity index (χ4v) is 2.48. The van der Waals surface area contributed by atoms with E-state index in [1.807, 2.05) is 31.3 Å². The second-order valence-corrected chi connectivity index (χ2v) is 4.92. The number of rotatable bonds is 5. The Bertz CT molecular complexity index is 616. The van der Waals surface area contributed by atoms with Gasteiger partial charge in [-0.2, -0.15) is 0 Å². The summed E-state index contributed by atoms with van der Waals surface area (Å²) < 4.78 is 0. The summed E-state index contributed by atoms with van der Waals surface area (Å²) in [5.41, 5.74) is 1.78. The van der Waals surface area contributed by atoms with Crippen molar-refractivity contribution in [1.29, 1.82) is 0 Å². The van der Waals surface area contributed by atoms with Crippen LogP contribution in [0.1, 0.15) is 17.0 Å². The molecule has 0 aliphatic rings. The average molecular weight is 291 g/mol. The minimum atomic E-state index is -0.345. The molecule has 1 N–H and O–H groups in total. The molecular weight excluding hydrogens is 276 g/mol. The maximum atomic E-state index is 11.2. The maximum absolute atomic E-state index is 11.2. The van der Waals surface area contributed by atoms with Crippen LogP contribution in [0.15, 0.2) is 48.5 Å². The van der Waals surface area contributed by atoms with Gasteiger partial charge >= 0.3 is 0 Å². The number of benzene rings is 2. The molecule has 0 spiro atoms. The predicted molar refractivity (Wildman–Crippen MR) is 80.3 cm³/mol. The van der Waals surface area contributed by atoms with Gasteiger partial charge in [0, 0.05) is 29.1 Å². The molecule has 20 heavy (non-hydrogen) atoms. The Labute approximate surface area is 122 Å². The number of hydrogen-bond donors (Lipinski definition) is 1. The molecule has 0 aliphatic carbocycles. The molecule has 0 radical (unpaired) electrons. The van der Waals surface area contributed by atoms with E-state index >= 15 is 0 Å². The van der Waals surface area contributed by atoms with Gasteiger partial charge in [0.05, 0.1) is 4.92 Å². The lowest BCUT2D eigenvalue weighted by Gasteiger charge is -2.17. The summed E-state index contributed by atoms with van der Waals surface area (Å²) in [7, 11) is 1.83. The van der Waals surface area contributed by atoms with E-state index < -0.39 is 0 Å². The number of nitrogens with one attached hydrogen (secondary N) is 1. The van der Waals surface area contributed by atoms with Gasteiger partial charge in [-0.25, -0.2) is 0 Å². The number of nitrogens with zero attached hydrogens (tertiary/aromatic N) is 1. The van der Waals surface area contributed by atoms with Gasteiger partial charge in [0.1, 0.15) is 0 Å². The summed E-state index contributed by atoms with van der Waals surface area (Å²) in [5, 5.41) is 14.9. The Morgan fingerprint density at radius 2 is 2.00 bits per heavy atom. The standard InChI is InChI=1S/C15H15ClN2O2/c1-17-10-14(11-5-4-6-12(16)9-11)13-7-2-3-8-15(13)18(19)20/h2-9,14,17H,10H2,1H3. The Morgan fingerprint density at radius 1 is 1.25 bits per heavy atom. The zero-order valence-corrected chi connectivity index (χ0v) is 11.8. The van der Waals surface area contributed by atoms with Gasteiger partial charge in [0.2, 0.25) is 0 Å². The lowest BCUT2D eigenvalue weighted by Crippen LogP contribution is -2.19. The summed E-state index contributed by atoms with van der Waals surface area (Å²) in [6, 6.07) is 14.2. The van der Waals surface area contributed by atoms with Crippen LogP contribution in [0.2, 0.25) is 5.02 Å². The first-order chi connectivity index (χ1) is 9.63. The molecule has 2 aromatic carbocycles. The molecule has 2 rings (SSSR count). The molecule has 0 heterocycles. The van der Waals surface area contributed by atoms with E-state index in [4.69, 9.17) is 11.6 Å². The van der Waals surface area contributed by atoms with Gasteiger partial charge in [-0.15, -0.1) is 0 Å². The second kappa shape index (κ2) is 6.50.